The summed E-state index contributed by atoms with van der Waals surface area (Å²) in [6.07, 6.45) is 5.02. The van der Waals surface area contributed by atoms with Crippen LogP contribution >= 0.6 is 0 Å². The highest BCUT2D eigenvalue weighted by molar-refractivity contribution is 5.43. The van der Waals surface area contributed by atoms with Crippen LogP contribution in [0.5, 0.6) is 0 Å². The maximum absolute atomic E-state index is 10.9. The number of fused-ring (bicyclic) bond motifs is 1. The first kappa shape index (κ1) is 10.6. The lowest BCUT2D eigenvalue weighted by atomic mass is 9.72. The molecule has 0 fully saturated rings. The number of rotatable bonds is 1. The average Bonchev–Trinajstić information content (AvgIpc) is 2.89. The van der Waals surface area contributed by atoms with Crippen LogP contribution in [0.4, 0.5) is 0 Å². The van der Waals surface area contributed by atoms with E-state index in [9.17, 15) is 5.11 Å². The molecule has 0 saturated carbocycles. The zero-order valence-electron chi connectivity index (χ0n) is 9.89. The lowest BCUT2D eigenvalue weighted by Gasteiger charge is -2.36. The van der Waals surface area contributed by atoms with Crippen molar-refractivity contribution in [2.24, 2.45) is 0 Å². The fourth-order valence-corrected chi connectivity index (χ4v) is 2.82. The highest BCUT2D eigenvalue weighted by Crippen LogP contribution is 2.44. The van der Waals surface area contributed by atoms with E-state index >= 15 is 0 Å². The minimum atomic E-state index is -0.879. The van der Waals surface area contributed by atoms with Gasteiger partial charge in [-0.1, -0.05) is 31.2 Å². The highest BCUT2D eigenvalue weighted by Gasteiger charge is 2.38. The molecule has 2 aromatic rings. The number of aliphatic hydroxyl groups is 1. The van der Waals surface area contributed by atoms with Gasteiger partial charge in [0.05, 0.1) is 12.5 Å². The van der Waals surface area contributed by atoms with Gasteiger partial charge in [0.15, 0.2) is 0 Å². The van der Waals surface area contributed by atoms with E-state index in [-0.39, 0.29) is 0 Å². The van der Waals surface area contributed by atoms with Gasteiger partial charge in [0.2, 0.25) is 0 Å². The first-order chi connectivity index (χ1) is 8.22. The molecule has 3 rings (SSSR count). The third-order valence-electron chi connectivity index (χ3n) is 3.88. The maximum atomic E-state index is 10.9. The molecular weight excluding hydrogens is 212 g/mol. The molecule has 0 spiro atoms. The van der Waals surface area contributed by atoms with Gasteiger partial charge in [-0.2, -0.15) is 0 Å². The fourth-order valence-electron chi connectivity index (χ4n) is 2.82. The Kier molecular flexibility index (Phi) is 2.33. The molecule has 1 aliphatic carbocycles. The van der Waals surface area contributed by atoms with Crippen LogP contribution < -0.4 is 0 Å². The molecule has 0 aliphatic heterocycles. The molecule has 1 aromatic carbocycles. The topological polar surface area (TPSA) is 33.4 Å². The predicted octanol–water partition coefficient (Wildman–Crippen LogP) is 3.41. The van der Waals surface area contributed by atoms with Crippen LogP contribution in [0, 0.1) is 0 Å². The molecule has 0 saturated heterocycles. The molecule has 0 radical (unpaired) electrons. The summed E-state index contributed by atoms with van der Waals surface area (Å²) in [5.74, 6) is 0.512. The smallest absolute Gasteiger partial charge is 0.118 e. The van der Waals surface area contributed by atoms with E-state index < -0.39 is 5.60 Å². The van der Waals surface area contributed by atoms with E-state index in [2.05, 4.69) is 13.0 Å². The van der Waals surface area contributed by atoms with Crippen LogP contribution in [0.1, 0.15) is 42.4 Å². The second kappa shape index (κ2) is 3.74. The van der Waals surface area contributed by atoms with Crippen molar-refractivity contribution in [2.75, 3.05) is 0 Å². The Hall–Kier alpha value is -1.54. The minimum absolute atomic E-state index is 0.512. The standard InChI is InChI=1S/C15H16O2/c1-11-6-8-15(16,12-7-9-17-10-12)14-5-3-2-4-13(11)14/h2-5,7,9-11,16H,6,8H2,1H3. The van der Waals surface area contributed by atoms with Gasteiger partial charge >= 0.3 is 0 Å². The lowest BCUT2D eigenvalue weighted by molar-refractivity contribution is 0.0573. The molecule has 1 N–H and O–H groups in total. The molecule has 1 heterocycles. The Bertz CT molecular complexity index is 515. The highest BCUT2D eigenvalue weighted by atomic mass is 16.3. The summed E-state index contributed by atoms with van der Waals surface area (Å²) in [7, 11) is 0. The van der Waals surface area contributed by atoms with Gasteiger partial charge in [-0.15, -0.1) is 0 Å². The van der Waals surface area contributed by atoms with E-state index in [1.807, 2.05) is 24.3 Å². The Morgan fingerprint density at radius 2 is 2.12 bits per heavy atom. The largest absolute Gasteiger partial charge is 0.472 e. The second-order valence-corrected chi connectivity index (χ2v) is 4.90. The normalized spacial score (nSPS) is 27.8. The first-order valence-electron chi connectivity index (χ1n) is 6.06. The van der Waals surface area contributed by atoms with Crippen LogP contribution in [0.25, 0.3) is 0 Å². The third kappa shape index (κ3) is 1.52. The van der Waals surface area contributed by atoms with E-state index in [0.717, 1.165) is 24.0 Å². The van der Waals surface area contributed by atoms with Crippen molar-refractivity contribution >= 4 is 0 Å². The van der Waals surface area contributed by atoms with Crippen LogP contribution in [0.2, 0.25) is 0 Å². The summed E-state index contributed by atoms with van der Waals surface area (Å²) in [5.41, 5.74) is 2.26. The minimum Gasteiger partial charge on any atom is -0.472 e. The van der Waals surface area contributed by atoms with Gasteiger partial charge in [0.25, 0.3) is 0 Å². The van der Waals surface area contributed by atoms with Crippen LogP contribution in [-0.2, 0) is 5.60 Å². The number of hydrogen-bond donors (Lipinski definition) is 1. The van der Waals surface area contributed by atoms with Crippen molar-refractivity contribution in [3.63, 3.8) is 0 Å². The Labute approximate surface area is 101 Å². The number of benzene rings is 1. The van der Waals surface area contributed by atoms with Gasteiger partial charge in [-0.25, -0.2) is 0 Å². The lowest BCUT2D eigenvalue weighted by Crippen LogP contribution is -2.32. The van der Waals surface area contributed by atoms with E-state index in [1.165, 1.54) is 5.56 Å². The van der Waals surface area contributed by atoms with Crippen molar-refractivity contribution in [1.29, 1.82) is 0 Å². The van der Waals surface area contributed by atoms with Gasteiger partial charge in [-0.05, 0) is 36.0 Å². The van der Waals surface area contributed by atoms with Crippen molar-refractivity contribution in [1.82, 2.24) is 0 Å². The summed E-state index contributed by atoms with van der Waals surface area (Å²) in [4.78, 5) is 0. The van der Waals surface area contributed by atoms with Gasteiger partial charge in [0.1, 0.15) is 5.60 Å². The quantitative estimate of drug-likeness (QED) is 0.811. The Morgan fingerprint density at radius 1 is 1.29 bits per heavy atom. The Balaban J connectivity index is 2.18. The van der Waals surface area contributed by atoms with Crippen molar-refractivity contribution in [3.8, 4) is 0 Å². The average molecular weight is 228 g/mol. The zero-order chi connectivity index (χ0) is 11.9. The second-order valence-electron chi connectivity index (χ2n) is 4.90. The summed E-state index contributed by atoms with van der Waals surface area (Å²) in [6.45, 7) is 2.22. The predicted molar refractivity (Wildman–Crippen MR) is 65.8 cm³/mol. The SMILES string of the molecule is CC1CCC(O)(c2ccoc2)c2ccccc21. The van der Waals surface area contributed by atoms with E-state index in [4.69, 9.17) is 4.42 Å². The summed E-state index contributed by atoms with van der Waals surface area (Å²) in [5, 5.41) is 10.9. The summed E-state index contributed by atoms with van der Waals surface area (Å²) < 4.78 is 5.11. The number of furan rings is 1. The molecular formula is C15H16O2. The van der Waals surface area contributed by atoms with Gasteiger partial charge in [-0.3, -0.25) is 0 Å². The van der Waals surface area contributed by atoms with E-state index in [1.54, 1.807) is 12.5 Å². The fraction of sp³-hybridized carbons (Fsp3) is 0.333. The van der Waals surface area contributed by atoms with Crippen LogP contribution in [0.15, 0.2) is 47.3 Å². The molecule has 0 bridgehead atoms. The monoisotopic (exact) mass is 228 g/mol. The van der Waals surface area contributed by atoms with E-state index in [0.29, 0.717) is 5.92 Å². The van der Waals surface area contributed by atoms with Crippen molar-refractivity contribution < 1.29 is 9.52 Å². The summed E-state index contributed by atoms with van der Waals surface area (Å²) in [6, 6.07) is 10.0. The molecule has 2 atom stereocenters. The molecule has 1 aliphatic rings. The zero-order valence-corrected chi connectivity index (χ0v) is 9.89. The molecule has 2 nitrogen and oxygen atoms in total. The third-order valence-corrected chi connectivity index (χ3v) is 3.88. The number of hydrogen-bond acceptors (Lipinski definition) is 2. The Morgan fingerprint density at radius 3 is 2.88 bits per heavy atom. The molecule has 17 heavy (non-hydrogen) atoms. The molecule has 2 unspecified atom stereocenters. The molecule has 1 aromatic heterocycles. The van der Waals surface area contributed by atoms with Crippen LogP contribution in [-0.4, -0.2) is 5.11 Å². The molecule has 2 heteroatoms. The van der Waals surface area contributed by atoms with Crippen molar-refractivity contribution in [2.45, 2.75) is 31.3 Å². The van der Waals surface area contributed by atoms with Gasteiger partial charge in [0, 0.05) is 5.56 Å². The summed E-state index contributed by atoms with van der Waals surface area (Å²) >= 11 is 0. The van der Waals surface area contributed by atoms with Crippen LogP contribution in [0.3, 0.4) is 0 Å². The first-order valence-corrected chi connectivity index (χ1v) is 6.06. The van der Waals surface area contributed by atoms with Crippen molar-refractivity contribution in [3.05, 3.63) is 59.5 Å². The maximum Gasteiger partial charge on any atom is 0.118 e. The van der Waals surface area contributed by atoms with Gasteiger partial charge < -0.3 is 9.52 Å². The molecule has 88 valence electrons. The molecule has 0 amide bonds.